The summed E-state index contributed by atoms with van der Waals surface area (Å²) in [4.78, 5) is 1.39. The van der Waals surface area contributed by atoms with Crippen LogP contribution in [-0.2, 0) is 6.42 Å². The van der Waals surface area contributed by atoms with E-state index in [1.807, 2.05) is 11.8 Å². The van der Waals surface area contributed by atoms with Crippen molar-refractivity contribution < 1.29 is 0 Å². The Morgan fingerprint density at radius 2 is 1.95 bits per heavy atom. The average Bonchev–Trinajstić information content (AvgIpc) is 2.92. The van der Waals surface area contributed by atoms with Gasteiger partial charge in [0.05, 0.1) is 0 Å². The first-order valence-electron chi connectivity index (χ1n) is 8.38. The predicted molar refractivity (Wildman–Crippen MR) is 105 cm³/mol. The van der Waals surface area contributed by atoms with Crippen molar-refractivity contribution in [2.45, 2.75) is 59.3 Å². The first kappa shape index (κ1) is 17.7. The molecule has 1 aromatic rings. The smallest absolute Gasteiger partial charge is 0.0421 e. The van der Waals surface area contributed by atoms with E-state index >= 15 is 0 Å². The molecule has 0 nitrogen and oxygen atoms in total. The van der Waals surface area contributed by atoms with Crippen LogP contribution in [0.3, 0.4) is 0 Å². The van der Waals surface area contributed by atoms with Crippen molar-refractivity contribution in [2.75, 3.05) is 0 Å². The van der Waals surface area contributed by atoms with Crippen LogP contribution in [-0.4, -0.2) is 0 Å². The van der Waals surface area contributed by atoms with Crippen molar-refractivity contribution in [3.8, 4) is 0 Å². The van der Waals surface area contributed by atoms with Crippen molar-refractivity contribution in [3.63, 3.8) is 0 Å². The normalized spacial score (nSPS) is 16.2. The molecule has 1 heterocycles. The Labute approximate surface area is 144 Å². The number of rotatable bonds is 7. The number of aryl methyl sites for hydroxylation is 1. The molecule has 0 amide bonds. The number of thioether (sulfide) groups is 2. The molecule has 1 aliphatic heterocycles. The minimum atomic E-state index is 0.631. The van der Waals surface area contributed by atoms with E-state index in [2.05, 4.69) is 57.9 Å². The predicted octanol–water partition coefficient (Wildman–Crippen LogP) is 7.43. The highest BCUT2D eigenvalue weighted by atomic mass is 32.2. The van der Waals surface area contributed by atoms with Crippen LogP contribution < -0.4 is 0 Å². The molecule has 0 aliphatic carbocycles. The molecule has 120 valence electrons. The zero-order valence-corrected chi connectivity index (χ0v) is 15.9. The maximum absolute atomic E-state index is 4.09. The summed E-state index contributed by atoms with van der Waals surface area (Å²) < 4.78 is 1.19. The van der Waals surface area contributed by atoms with Crippen LogP contribution in [0.2, 0.25) is 0 Å². The molecule has 1 aromatic carbocycles. The van der Waals surface area contributed by atoms with Gasteiger partial charge in [0, 0.05) is 9.14 Å². The van der Waals surface area contributed by atoms with E-state index in [9.17, 15) is 0 Å². The highest BCUT2D eigenvalue weighted by Gasteiger charge is 2.17. The SMILES string of the molecule is C=C1SC=C(c2cc(C(C)CC)ccc2CCCC(C)C)S1. The lowest BCUT2D eigenvalue weighted by Crippen LogP contribution is -1.99. The summed E-state index contributed by atoms with van der Waals surface area (Å²) in [6, 6.07) is 7.13. The molecule has 0 fully saturated rings. The van der Waals surface area contributed by atoms with E-state index < -0.39 is 0 Å². The second-order valence-electron chi connectivity index (χ2n) is 6.59. The fraction of sp³-hybridized carbons (Fsp3) is 0.500. The summed E-state index contributed by atoms with van der Waals surface area (Å²) >= 11 is 3.59. The monoisotopic (exact) mass is 332 g/mol. The molecular weight excluding hydrogens is 304 g/mol. The van der Waals surface area contributed by atoms with Gasteiger partial charge in [-0.3, -0.25) is 0 Å². The van der Waals surface area contributed by atoms with Crippen molar-refractivity contribution >= 4 is 28.4 Å². The molecule has 0 spiro atoms. The topological polar surface area (TPSA) is 0 Å². The van der Waals surface area contributed by atoms with Crippen LogP contribution in [0.4, 0.5) is 0 Å². The highest BCUT2D eigenvalue weighted by Crippen LogP contribution is 2.48. The van der Waals surface area contributed by atoms with Gasteiger partial charge < -0.3 is 0 Å². The second kappa shape index (κ2) is 8.31. The molecule has 1 aliphatic rings. The fourth-order valence-corrected chi connectivity index (χ4v) is 4.55. The second-order valence-corrected chi connectivity index (χ2v) is 8.95. The number of hydrogen-bond acceptors (Lipinski definition) is 2. The summed E-state index contributed by atoms with van der Waals surface area (Å²) in [5, 5.41) is 2.27. The molecule has 1 unspecified atom stereocenters. The Hall–Kier alpha value is -0.600. The molecule has 0 N–H and O–H groups in total. The van der Waals surface area contributed by atoms with E-state index in [0.29, 0.717) is 5.92 Å². The zero-order chi connectivity index (χ0) is 16.1. The van der Waals surface area contributed by atoms with Crippen molar-refractivity contribution in [1.82, 2.24) is 0 Å². The third-order valence-corrected chi connectivity index (χ3v) is 6.42. The Bertz CT molecular complexity index is 555. The lowest BCUT2D eigenvalue weighted by Gasteiger charge is -2.16. The Kier molecular flexibility index (Phi) is 6.70. The first-order chi connectivity index (χ1) is 10.5. The maximum Gasteiger partial charge on any atom is 0.0421 e. The van der Waals surface area contributed by atoms with Crippen LogP contribution >= 0.6 is 23.5 Å². The number of benzene rings is 1. The molecule has 0 aromatic heterocycles. The molecule has 0 radical (unpaired) electrons. The summed E-state index contributed by atoms with van der Waals surface area (Å²) in [5.74, 6) is 1.42. The van der Waals surface area contributed by atoms with Gasteiger partial charge in [-0.2, -0.15) is 0 Å². The Morgan fingerprint density at radius 1 is 1.18 bits per heavy atom. The molecule has 0 bridgehead atoms. The Balaban J connectivity index is 2.25. The summed E-state index contributed by atoms with van der Waals surface area (Å²) in [6.45, 7) is 13.3. The van der Waals surface area contributed by atoms with Gasteiger partial charge in [-0.15, -0.1) is 0 Å². The zero-order valence-electron chi connectivity index (χ0n) is 14.3. The van der Waals surface area contributed by atoms with Crippen LogP contribution in [0, 0.1) is 5.92 Å². The third kappa shape index (κ3) is 4.70. The van der Waals surface area contributed by atoms with Crippen LogP contribution in [0.25, 0.3) is 4.91 Å². The first-order valence-corrected chi connectivity index (χ1v) is 10.1. The van der Waals surface area contributed by atoms with Gasteiger partial charge >= 0.3 is 0 Å². The van der Waals surface area contributed by atoms with Crippen LogP contribution in [0.5, 0.6) is 0 Å². The molecule has 22 heavy (non-hydrogen) atoms. The minimum absolute atomic E-state index is 0.631. The van der Waals surface area contributed by atoms with Crippen LogP contribution in [0.1, 0.15) is 69.6 Å². The van der Waals surface area contributed by atoms with Gasteiger partial charge in [0.25, 0.3) is 0 Å². The van der Waals surface area contributed by atoms with Gasteiger partial charge in [-0.1, -0.05) is 82.4 Å². The van der Waals surface area contributed by atoms with Gasteiger partial charge in [0.2, 0.25) is 0 Å². The lowest BCUT2D eigenvalue weighted by atomic mass is 9.92. The van der Waals surface area contributed by atoms with Crippen molar-refractivity contribution in [3.05, 3.63) is 51.1 Å². The van der Waals surface area contributed by atoms with E-state index in [-0.39, 0.29) is 0 Å². The van der Waals surface area contributed by atoms with Gasteiger partial charge in [-0.05, 0) is 53.2 Å². The number of hydrogen-bond donors (Lipinski definition) is 0. The van der Waals surface area contributed by atoms with Gasteiger partial charge in [-0.25, -0.2) is 0 Å². The molecule has 2 rings (SSSR count). The standard InChI is InChI=1S/C20H28S2/c1-6-15(4)18-11-10-17(9-7-8-14(2)3)19(12-18)20-13-21-16(5)22-20/h10-15H,5-9H2,1-4H3. The van der Waals surface area contributed by atoms with Crippen molar-refractivity contribution in [1.29, 1.82) is 0 Å². The summed E-state index contributed by atoms with van der Waals surface area (Å²) in [7, 11) is 0. The maximum atomic E-state index is 4.09. The molecular formula is C20H28S2. The Morgan fingerprint density at radius 3 is 2.55 bits per heavy atom. The molecule has 0 saturated carbocycles. The highest BCUT2D eigenvalue weighted by molar-refractivity contribution is 8.31. The van der Waals surface area contributed by atoms with Crippen LogP contribution in [0.15, 0.2) is 34.4 Å². The van der Waals surface area contributed by atoms with E-state index in [1.54, 1.807) is 11.8 Å². The lowest BCUT2D eigenvalue weighted by molar-refractivity contribution is 0.555. The third-order valence-electron chi connectivity index (χ3n) is 4.33. The molecule has 2 heteroatoms. The fourth-order valence-electron chi connectivity index (χ4n) is 2.69. The van der Waals surface area contributed by atoms with Gasteiger partial charge in [0.1, 0.15) is 0 Å². The van der Waals surface area contributed by atoms with Gasteiger partial charge in [0.15, 0.2) is 0 Å². The molecule has 1 atom stereocenters. The van der Waals surface area contributed by atoms with E-state index in [1.165, 1.54) is 51.5 Å². The minimum Gasteiger partial charge on any atom is -0.0901 e. The summed E-state index contributed by atoms with van der Waals surface area (Å²) in [5.41, 5.74) is 4.41. The van der Waals surface area contributed by atoms with E-state index in [4.69, 9.17) is 0 Å². The largest absolute Gasteiger partial charge is 0.0901 e. The summed E-state index contributed by atoms with van der Waals surface area (Å²) in [6.07, 6.45) is 4.96. The molecule has 0 saturated heterocycles. The average molecular weight is 333 g/mol. The quantitative estimate of drug-likeness (QED) is 0.509. The van der Waals surface area contributed by atoms with E-state index in [0.717, 1.165) is 5.92 Å². The van der Waals surface area contributed by atoms with Crippen molar-refractivity contribution in [2.24, 2.45) is 5.92 Å².